The Morgan fingerprint density at radius 3 is 1.76 bits per heavy atom. The number of rotatable bonds is 6. The third-order valence-corrected chi connectivity index (χ3v) is 2.02. The molecule has 0 radical (unpaired) electrons. The molecule has 0 bridgehead atoms. The minimum absolute atomic E-state index is 1.08. The molecule has 0 saturated carbocycles. The Kier molecular flexibility index (Phi) is 26.2. The fraction of sp³-hybridized carbons (Fsp3) is 0.750. The molecule has 0 atom stereocenters. The summed E-state index contributed by atoms with van der Waals surface area (Å²) >= 11 is 0. The van der Waals surface area contributed by atoms with E-state index in [9.17, 15) is 0 Å². The van der Waals surface area contributed by atoms with Gasteiger partial charge in [-0.15, -0.1) is 0 Å². The van der Waals surface area contributed by atoms with Gasteiger partial charge in [0.2, 0.25) is 0 Å². The maximum atomic E-state index is 3.48. The van der Waals surface area contributed by atoms with Crippen molar-refractivity contribution in [1.82, 2.24) is 5.32 Å². The first kappa shape index (κ1) is 21.6. The topological polar surface area (TPSA) is 12.0 Å². The van der Waals surface area contributed by atoms with E-state index >= 15 is 0 Å². The van der Waals surface area contributed by atoms with E-state index in [-0.39, 0.29) is 0 Å². The zero-order valence-electron chi connectivity index (χ0n) is 13.5. The van der Waals surface area contributed by atoms with Crippen LogP contribution in [0.15, 0.2) is 23.5 Å². The van der Waals surface area contributed by atoms with Crippen LogP contribution in [0.5, 0.6) is 0 Å². The van der Waals surface area contributed by atoms with Crippen LogP contribution in [0.2, 0.25) is 0 Å². The van der Waals surface area contributed by atoms with Crippen LogP contribution in [0.4, 0.5) is 0 Å². The van der Waals surface area contributed by atoms with Crippen molar-refractivity contribution < 1.29 is 0 Å². The summed E-state index contributed by atoms with van der Waals surface area (Å²) in [5.74, 6) is 0. The van der Waals surface area contributed by atoms with E-state index in [2.05, 4.69) is 45.2 Å². The highest BCUT2D eigenvalue weighted by atomic mass is 14.9. The second-order valence-electron chi connectivity index (χ2n) is 3.18. The van der Waals surface area contributed by atoms with E-state index in [0.717, 1.165) is 19.3 Å². The molecule has 0 aliphatic heterocycles. The molecule has 0 saturated heterocycles. The molecule has 0 fully saturated rings. The predicted molar refractivity (Wildman–Crippen MR) is 83.2 cm³/mol. The highest BCUT2D eigenvalue weighted by Crippen LogP contribution is 2.07. The molecule has 0 aromatic heterocycles. The fourth-order valence-corrected chi connectivity index (χ4v) is 1.30. The van der Waals surface area contributed by atoms with E-state index in [1.54, 1.807) is 0 Å². The summed E-state index contributed by atoms with van der Waals surface area (Å²) in [7, 11) is 0. The fourth-order valence-electron chi connectivity index (χ4n) is 1.30. The maximum absolute atomic E-state index is 3.48. The lowest BCUT2D eigenvalue weighted by molar-refractivity contribution is 0.781. The molecule has 1 heteroatoms. The molecule has 1 N–H and O–H groups in total. The van der Waals surface area contributed by atoms with Gasteiger partial charge in [0.1, 0.15) is 0 Å². The summed E-state index contributed by atoms with van der Waals surface area (Å²) in [5.41, 5.74) is 2.70. The zero-order valence-corrected chi connectivity index (χ0v) is 13.5. The normalized spacial score (nSPS) is 10.8. The van der Waals surface area contributed by atoms with E-state index in [1.165, 1.54) is 17.8 Å². The molecule has 0 amide bonds. The molecule has 0 unspecified atom stereocenters. The van der Waals surface area contributed by atoms with Gasteiger partial charge in [-0.05, 0) is 26.2 Å². The third-order valence-electron chi connectivity index (χ3n) is 2.02. The highest BCUT2D eigenvalue weighted by Gasteiger charge is 1.96. The first-order valence-electron chi connectivity index (χ1n) is 7.39. The first-order chi connectivity index (χ1) is 8.28. The summed E-state index contributed by atoms with van der Waals surface area (Å²) in [4.78, 5) is 0. The quantitative estimate of drug-likeness (QED) is 0.598. The lowest BCUT2D eigenvalue weighted by Gasteiger charge is -2.12. The monoisotopic (exact) mass is 241 g/mol. The molecular formula is C16H35N. The van der Waals surface area contributed by atoms with Crippen LogP contribution in [-0.4, -0.2) is 0 Å². The van der Waals surface area contributed by atoms with Gasteiger partial charge in [-0.25, -0.2) is 0 Å². The van der Waals surface area contributed by atoms with Crippen molar-refractivity contribution in [3.63, 3.8) is 0 Å². The van der Waals surface area contributed by atoms with Gasteiger partial charge in [-0.2, -0.15) is 0 Å². The number of allylic oxidation sites excluding steroid dienone is 4. The molecule has 0 aliphatic rings. The van der Waals surface area contributed by atoms with Gasteiger partial charge in [-0.3, -0.25) is 0 Å². The van der Waals surface area contributed by atoms with Crippen LogP contribution in [0, 0.1) is 0 Å². The Bertz CT molecular complexity index is 178. The molecule has 0 aromatic rings. The van der Waals surface area contributed by atoms with Gasteiger partial charge in [0.25, 0.3) is 0 Å². The summed E-state index contributed by atoms with van der Waals surface area (Å²) in [6, 6.07) is 0. The molecule has 0 aromatic carbocycles. The van der Waals surface area contributed by atoms with Crippen LogP contribution in [0.1, 0.15) is 81.1 Å². The van der Waals surface area contributed by atoms with Crippen LogP contribution in [0.3, 0.4) is 0 Å². The van der Waals surface area contributed by atoms with Crippen LogP contribution < -0.4 is 5.32 Å². The van der Waals surface area contributed by atoms with Crippen molar-refractivity contribution in [2.75, 3.05) is 0 Å². The molecule has 104 valence electrons. The van der Waals surface area contributed by atoms with E-state index in [4.69, 9.17) is 0 Å². The van der Waals surface area contributed by atoms with Gasteiger partial charge >= 0.3 is 0 Å². The lowest BCUT2D eigenvalue weighted by Crippen LogP contribution is -2.12. The maximum Gasteiger partial charge on any atom is 0.0108 e. The van der Waals surface area contributed by atoms with Gasteiger partial charge < -0.3 is 5.32 Å². The Morgan fingerprint density at radius 2 is 1.47 bits per heavy atom. The Hall–Kier alpha value is -0.720. The van der Waals surface area contributed by atoms with E-state index < -0.39 is 0 Å². The largest absolute Gasteiger partial charge is 0.363 e. The highest BCUT2D eigenvalue weighted by molar-refractivity contribution is 5.10. The van der Waals surface area contributed by atoms with Crippen LogP contribution in [-0.2, 0) is 0 Å². The van der Waals surface area contributed by atoms with Gasteiger partial charge in [0, 0.05) is 11.4 Å². The van der Waals surface area contributed by atoms with Crippen molar-refractivity contribution in [3.8, 4) is 0 Å². The van der Waals surface area contributed by atoms with Crippen LogP contribution in [0.25, 0.3) is 0 Å². The second-order valence-corrected chi connectivity index (χ2v) is 3.18. The van der Waals surface area contributed by atoms with Crippen molar-refractivity contribution in [1.29, 1.82) is 0 Å². The van der Waals surface area contributed by atoms with Crippen LogP contribution >= 0.6 is 0 Å². The van der Waals surface area contributed by atoms with Gasteiger partial charge in [0.15, 0.2) is 0 Å². The molecule has 17 heavy (non-hydrogen) atoms. The minimum atomic E-state index is 1.08. The smallest absolute Gasteiger partial charge is 0.0108 e. The minimum Gasteiger partial charge on any atom is -0.363 e. The van der Waals surface area contributed by atoms with Gasteiger partial charge in [0.05, 0.1) is 0 Å². The standard InChI is InChI=1S/C12H23N.2C2H6/c1-5-9-12(10-6-2)13-11(7-3)8-4;2*1-2/h7,9,13H,5-6,8,10H2,1-4H3;2*1-2H3/b11-7-,12-9-;;. The van der Waals surface area contributed by atoms with Gasteiger partial charge in [-0.1, -0.05) is 67.0 Å². The van der Waals surface area contributed by atoms with Crippen molar-refractivity contribution in [3.05, 3.63) is 23.5 Å². The number of nitrogens with one attached hydrogen (secondary N) is 1. The van der Waals surface area contributed by atoms with E-state index in [1.807, 2.05) is 27.7 Å². The van der Waals surface area contributed by atoms with Crippen molar-refractivity contribution in [2.45, 2.75) is 81.1 Å². The molecule has 0 rings (SSSR count). The number of hydrogen-bond acceptors (Lipinski definition) is 1. The molecular weight excluding hydrogens is 206 g/mol. The van der Waals surface area contributed by atoms with Crippen molar-refractivity contribution >= 4 is 0 Å². The predicted octanol–water partition coefficient (Wildman–Crippen LogP) is 6.04. The summed E-state index contributed by atoms with van der Waals surface area (Å²) < 4.78 is 0. The SMILES string of the molecule is C/C=C(/CC)N/C(=C\CC)CCC.CC.CC. The Balaban J connectivity index is -0.000000439. The van der Waals surface area contributed by atoms with E-state index in [0.29, 0.717) is 0 Å². The Labute approximate surface area is 110 Å². The first-order valence-corrected chi connectivity index (χ1v) is 7.39. The molecule has 1 nitrogen and oxygen atoms in total. The Morgan fingerprint density at radius 1 is 0.941 bits per heavy atom. The molecule has 0 heterocycles. The molecule has 0 aliphatic carbocycles. The zero-order chi connectivity index (χ0) is 14.1. The molecule has 0 spiro atoms. The average molecular weight is 241 g/mol. The summed E-state index contributed by atoms with van der Waals surface area (Å²) in [5, 5.41) is 3.48. The van der Waals surface area contributed by atoms with Crippen molar-refractivity contribution in [2.24, 2.45) is 0 Å². The third kappa shape index (κ3) is 15.3. The summed E-state index contributed by atoms with van der Waals surface area (Å²) in [6.45, 7) is 16.7. The lowest BCUT2D eigenvalue weighted by atomic mass is 10.2. The average Bonchev–Trinajstić information content (AvgIpc) is 2.41. The summed E-state index contributed by atoms with van der Waals surface area (Å²) in [6.07, 6.45) is 9.00. The number of hydrogen-bond donors (Lipinski definition) is 1. The second kappa shape index (κ2) is 20.7.